The summed E-state index contributed by atoms with van der Waals surface area (Å²) >= 11 is 0. The van der Waals surface area contributed by atoms with Gasteiger partial charge >= 0.3 is 5.97 Å². The molecule has 0 aromatic rings. The minimum atomic E-state index is -1.48. The summed E-state index contributed by atoms with van der Waals surface area (Å²) in [6.45, 7) is 7.08. The van der Waals surface area contributed by atoms with Gasteiger partial charge in [0.05, 0.1) is 12.6 Å². The maximum absolute atomic E-state index is 13.0. The molecule has 0 aliphatic heterocycles. The molecule has 5 unspecified atom stereocenters. The van der Waals surface area contributed by atoms with E-state index >= 15 is 0 Å². The van der Waals surface area contributed by atoms with Gasteiger partial charge < -0.3 is 37.6 Å². The van der Waals surface area contributed by atoms with Gasteiger partial charge in [-0.25, -0.2) is 4.79 Å². The number of carbonyl (C=O) groups is 4. The molecule has 3 amide bonds. The van der Waals surface area contributed by atoms with Crippen molar-refractivity contribution >= 4 is 23.7 Å². The molecular formula is C21H41N5O6. The number of carboxylic acids is 1. The van der Waals surface area contributed by atoms with Crippen LogP contribution < -0.4 is 27.4 Å². The van der Waals surface area contributed by atoms with Gasteiger partial charge in [-0.3, -0.25) is 14.4 Å². The number of amides is 3. The highest BCUT2D eigenvalue weighted by Gasteiger charge is 2.32. The fraction of sp³-hybridized carbons (Fsp3) is 0.810. The predicted molar refractivity (Wildman–Crippen MR) is 120 cm³/mol. The molecule has 11 nitrogen and oxygen atoms in total. The summed E-state index contributed by atoms with van der Waals surface area (Å²) in [5.74, 6) is -3.37. The number of nitrogens with two attached hydrogens (primary N) is 2. The van der Waals surface area contributed by atoms with Crippen LogP contribution in [-0.2, 0) is 19.2 Å². The molecule has 0 bridgehead atoms. The van der Waals surface area contributed by atoms with E-state index in [2.05, 4.69) is 16.0 Å². The van der Waals surface area contributed by atoms with E-state index in [1.807, 2.05) is 20.8 Å². The summed E-state index contributed by atoms with van der Waals surface area (Å²) in [5.41, 5.74) is 11.4. The third-order valence-electron chi connectivity index (χ3n) is 5.24. The number of carboxylic acid groups (broad SMARTS) is 1. The van der Waals surface area contributed by atoms with Crippen LogP contribution in [0.15, 0.2) is 0 Å². The average molecular weight is 460 g/mol. The molecular weight excluding hydrogens is 418 g/mol. The summed E-state index contributed by atoms with van der Waals surface area (Å²) in [6, 6.07) is -4.21. The Labute approximate surface area is 190 Å². The zero-order chi connectivity index (χ0) is 24.8. The molecule has 0 saturated heterocycles. The number of aliphatic hydroxyl groups excluding tert-OH is 1. The van der Waals surface area contributed by atoms with E-state index < -0.39 is 54.5 Å². The number of unbranched alkanes of at least 4 members (excludes halogenated alkanes) is 1. The summed E-state index contributed by atoms with van der Waals surface area (Å²) in [6.07, 6.45) is 2.74. The van der Waals surface area contributed by atoms with Gasteiger partial charge in [-0.15, -0.1) is 0 Å². The van der Waals surface area contributed by atoms with Crippen LogP contribution in [0.4, 0.5) is 0 Å². The summed E-state index contributed by atoms with van der Waals surface area (Å²) in [7, 11) is 0. The van der Waals surface area contributed by atoms with E-state index in [1.165, 1.54) is 0 Å². The molecule has 11 heteroatoms. The highest BCUT2D eigenvalue weighted by Crippen LogP contribution is 2.11. The second-order valence-corrected chi connectivity index (χ2v) is 8.54. The number of hydrogen-bond donors (Lipinski definition) is 7. The van der Waals surface area contributed by atoms with Gasteiger partial charge in [-0.2, -0.15) is 0 Å². The minimum absolute atomic E-state index is 0.0705. The Morgan fingerprint density at radius 3 is 1.97 bits per heavy atom. The Bertz CT molecular complexity index is 615. The van der Waals surface area contributed by atoms with Crippen molar-refractivity contribution in [1.29, 1.82) is 0 Å². The molecule has 0 saturated carbocycles. The molecule has 9 N–H and O–H groups in total. The van der Waals surface area contributed by atoms with Gasteiger partial charge in [-0.05, 0) is 37.6 Å². The van der Waals surface area contributed by atoms with Gasteiger partial charge in [0.15, 0.2) is 0 Å². The van der Waals surface area contributed by atoms with E-state index in [1.54, 1.807) is 6.92 Å². The lowest BCUT2D eigenvalue weighted by Crippen LogP contribution is -2.59. The van der Waals surface area contributed by atoms with Crippen molar-refractivity contribution in [2.75, 3.05) is 13.2 Å². The predicted octanol–water partition coefficient (Wildman–Crippen LogP) is -0.934. The molecule has 0 aromatic heterocycles. The zero-order valence-electron chi connectivity index (χ0n) is 19.6. The normalized spacial score (nSPS) is 15.9. The van der Waals surface area contributed by atoms with Crippen molar-refractivity contribution in [2.45, 2.75) is 84.0 Å². The number of aliphatic hydroxyl groups is 1. The Hall–Kier alpha value is -2.24. The maximum Gasteiger partial charge on any atom is 0.328 e. The van der Waals surface area contributed by atoms with Crippen LogP contribution >= 0.6 is 0 Å². The van der Waals surface area contributed by atoms with Crippen LogP contribution in [-0.4, -0.2) is 71.2 Å². The number of carbonyl (C=O) groups excluding carboxylic acids is 3. The minimum Gasteiger partial charge on any atom is -0.480 e. The van der Waals surface area contributed by atoms with Gasteiger partial charge in [0.2, 0.25) is 17.7 Å². The van der Waals surface area contributed by atoms with Crippen LogP contribution in [0.2, 0.25) is 0 Å². The lowest BCUT2D eigenvalue weighted by molar-refractivity contribution is -0.143. The van der Waals surface area contributed by atoms with Gasteiger partial charge in [-0.1, -0.05) is 40.5 Å². The Balaban J connectivity index is 5.38. The fourth-order valence-corrected chi connectivity index (χ4v) is 3.02. The SMILES string of the molecule is CCC(C)C(NC(=O)C(CC(C)C)NC(=O)C(N)CCCCN)C(=O)NC(CO)C(=O)O. The quantitative estimate of drug-likeness (QED) is 0.144. The lowest BCUT2D eigenvalue weighted by Gasteiger charge is -2.28. The number of hydrogen-bond acceptors (Lipinski definition) is 7. The number of aliphatic carboxylic acids is 1. The molecule has 0 aliphatic carbocycles. The highest BCUT2D eigenvalue weighted by molar-refractivity contribution is 5.94. The Morgan fingerprint density at radius 1 is 0.906 bits per heavy atom. The van der Waals surface area contributed by atoms with E-state index in [-0.39, 0.29) is 11.8 Å². The van der Waals surface area contributed by atoms with Crippen molar-refractivity contribution < 1.29 is 29.4 Å². The van der Waals surface area contributed by atoms with Crippen molar-refractivity contribution in [3.63, 3.8) is 0 Å². The van der Waals surface area contributed by atoms with Crippen molar-refractivity contribution in [1.82, 2.24) is 16.0 Å². The van der Waals surface area contributed by atoms with Crippen LogP contribution in [0, 0.1) is 11.8 Å². The maximum atomic E-state index is 13.0. The smallest absolute Gasteiger partial charge is 0.328 e. The number of rotatable bonds is 16. The van der Waals surface area contributed by atoms with E-state index in [9.17, 15) is 24.3 Å². The van der Waals surface area contributed by atoms with Crippen molar-refractivity contribution in [3.8, 4) is 0 Å². The average Bonchev–Trinajstić information content (AvgIpc) is 2.73. The zero-order valence-corrected chi connectivity index (χ0v) is 19.6. The molecule has 0 aromatic carbocycles. The standard InChI is InChI=1S/C21H41N5O6/c1-5-13(4)17(20(30)25-16(11-27)21(31)32)26-19(29)15(10-12(2)3)24-18(28)14(23)8-6-7-9-22/h12-17,27H,5-11,22-23H2,1-4H3,(H,24,28)(H,25,30)(H,26,29)(H,31,32). The van der Waals surface area contributed by atoms with Crippen molar-refractivity contribution in [3.05, 3.63) is 0 Å². The summed E-state index contributed by atoms with van der Waals surface area (Å²) < 4.78 is 0. The Morgan fingerprint density at radius 2 is 1.50 bits per heavy atom. The van der Waals surface area contributed by atoms with Crippen LogP contribution in [0.25, 0.3) is 0 Å². The molecule has 0 radical (unpaired) electrons. The summed E-state index contributed by atoms with van der Waals surface area (Å²) in [4.78, 5) is 49.3. The van der Waals surface area contributed by atoms with Gasteiger partial charge in [0, 0.05) is 0 Å². The van der Waals surface area contributed by atoms with Crippen LogP contribution in [0.3, 0.4) is 0 Å². The largest absolute Gasteiger partial charge is 0.480 e. The first-order valence-electron chi connectivity index (χ1n) is 11.2. The van der Waals surface area contributed by atoms with Crippen LogP contribution in [0.5, 0.6) is 0 Å². The second-order valence-electron chi connectivity index (χ2n) is 8.54. The van der Waals surface area contributed by atoms with E-state index in [0.29, 0.717) is 32.2 Å². The first-order valence-corrected chi connectivity index (χ1v) is 11.2. The van der Waals surface area contributed by atoms with Crippen molar-refractivity contribution in [2.24, 2.45) is 23.3 Å². The Kier molecular flexibility index (Phi) is 14.5. The molecule has 32 heavy (non-hydrogen) atoms. The monoisotopic (exact) mass is 459 g/mol. The molecule has 5 atom stereocenters. The first kappa shape index (κ1) is 29.8. The topological polar surface area (TPSA) is 197 Å². The third kappa shape index (κ3) is 10.9. The lowest BCUT2D eigenvalue weighted by atomic mass is 9.96. The molecule has 0 aliphatic rings. The molecule has 186 valence electrons. The second kappa shape index (κ2) is 15.5. The highest BCUT2D eigenvalue weighted by atomic mass is 16.4. The first-order chi connectivity index (χ1) is 15.0. The van der Waals surface area contributed by atoms with E-state index in [0.717, 1.165) is 6.42 Å². The number of nitrogens with one attached hydrogen (secondary N) is 3. The van der Waals surface area contributed by atoms with Crippen LogP contribution in [0.1, 0.15) is 59.8 Å². The third-order valence-corrected chi connectivity index (χ3v) is 5.24. The molecule has 0 rings (SSSR count). The van der Waals surface area contributed by atoms with Gasteiger partial charge in [0.1, 0.15) is 18.1 Å². The molecule has 0 fully saturated rings. The van der Waals surface area contributed by atoms with Gasteiger partial charge in [0.25, 0.3) is 0 Å². The summed E-state index contributed by atoms with van der Waals surface area (Å²) in [5, 5.41) is 25.8. The molecule has 0 heterocycles. The van der Waals surface area contributed by atoms with E-state index in [4.69, 9.17) is 16.6 Å². The molecule has 0 spiro atoms. The fourth-order valence-electron chi connectivity index (χ4n) is 3.02.